The summed E-state index contributed by atoms with van der Waals surface area (Å²) in [6.45, 7) is 5.80. The van der Waals surface area contributed by atoms with Gasteiger partial charge in [-0.05, 0) is 49.7 Å². The Balaban J connectivity index is 2.31. The van der Waals surface area contributed by atoms with E-state index in [4.69, 9.17) is 4.74 Å². The Morgan fingerprint density at radius 3 is 2.35 bits per heavy atom. The highest BCUT2D eigenvalue weighted by Crippen LogP contribution is 2.22. The van der Waals surface area contributed by atoms with E-state index in [0.29, 0.717) is 19.6 Å². The van der Waals surface area contributed by atoms with E-state index >= 15 is 0 Å². The number of carbonyl (C=O) groups excluding carboxylic acids is 1. The minimum atomic E-state index is -0.0102. The lowest BCUT2D eigenvalue weighted by molar-refractivity contribution is 0.209. The van der Waals surface area contributed by atoms with Crippen LogP contribution >= 0.6 is 0 Å². The summed E-state index contributed by atoms with van der Waals surface area (Å²) in [7, 11) is 1.63. The first kappa shape index (κ1) is 16.8. The van der Waals surface area contributed by atoms with Crippen molar-refractivity contribution >= 4 is 11.7 Å². The number of nitrogens with zero attached hydrogens (tertiary/aromatic N) is 3. The van der Waals surface area contributed by atoms with E-state index in [-0.39, 0.29) is 6.03 Å². The zero-order valence-electron chi connectivity index (χ0n) is 13.9. The van der Waals surface area contributed by atoms with Gasteiger partial charge in [-0.15, -0.1) is 0 Å². The van der Waals surface area contributed by atoms with Gasteiger partial charge in [-0.25, -0.2) is 4.79 Å². The number of rotatable bonds is 6. The van der Waals surface area contributed by atoms with Crippen molar-refractivity contribution in [1.82, 2.24) is 9.88 Å². The molecule has 0 saturated carbocycles. The lowest BCUT2D eigenvalue weighted by atomic mass is 10.2. The average molecular weight is 313 g/mol. The van der Waals surface area contributed by atoms with Crippen molar-refractivity contribution in [2.24, 2.45) is 0 Å². The van der Waals surface area contributed by atoms with Gasteiger partial charge in [-0.3, -0.25) is 9.88 Å². The summed E-state index contributed by atoms with van der Waals surface area (Å²) < 4.78 is 5.19. The number of amides is 2. The first-order valence-corrected chi connectivity index (χ1v) is 7.79. The van der Waals surface area contributed by atoms with Crippen LogP contribution in [0.4, 0.5) is 10.5 Å². The second kappa shape index (κ2) is 8.17. The van der Waals surface area contributed by atoms with Gasteiger partial charge in [0.2, 0.25) is 0 Å². The van der Waals surface area contributed by atoms with Crippen molar-refractivity contribution in [2.45, 2.75) is 20.4 Å². The number of aromatic nitrogens is 1. The van der Waals surface area contributed by atoms with Crippen LogP contribution in [0.15, 0.2) is 48.8 Å². The molecule has 1 heterocycles. The highest BCUT2D eigenvalue weighted by molar-refractivity contribution is 5.92. The second-order valence-electron chi connectivity index (χ2n) is 5.10. The Morgan fingerprint density at radius 2 is 1.83 bits per heavy atom. The van der Waals surface area contributed by atoms with Crippen molar-refractivity contribution in [2.75, 3.05) is 25.1 Å². The number of benzene rings is 1. The van der Waals surface area contributed by atoms with Gasteiger partial charge < -0.3 is 9.64 Å². The average Bonchev–Trinajstić information content (AvgIpc) is 2.61. The Kier molecular flexibility index (Phi) is 5.97. The normalized spacial score (nSPS) is 10.2. The molecule has 0 atom stereocenters. The van der Waals surface area contributed by atoms with Gasteiger partial charge in [0.05, 0.1) is 13.7 Å². The molecule has 0 saturated heterocycles. The highest BCUT2D eigenvalue weighted by atomic mass is 16.5. The Bertz CT molecular complexity index is 610. The van der Waals surface area contributed by atoms with Crippen molar-refractivity contribution in [3.63, 3.8) is 0 Å². The molecule has 0 aliphatic carbocycles. The zero-order chi connectivity index (χ0) is 16.7. The molecule has 5 nitrogen and oxygen atoms in total. The molecular formula is C18H23N3O2. The number of hydrogen-bond donors (Lipinski definition) is 0. The largest absolute Gasteiger partial charge is 0.497 e. The molecule has 0 aliphatic heterocycles. The number of pyridine rings is 1. The Labute approximate surface area is 137 Å². The molecule has 2 amide bonds. The van der Waals surface area contributed by atoms with Gasteiger partial charge in [0, 0.05) is 31.2 Å². The van der Waals surface area contributed by atoms with Gasteiger partial charge >= 0.3 is 6.03 Å². The number of urea groups is 1. The number of carbonyl (C=O) groups is 1. The summed E-state index contributed by atoms with van der Waals surface area (Å²) in [5, 5.41) is 0. The summed E-state index contributed by atoms with van der Waals surface area (Å²) in [6, 6.07) is 11.4. The monoisotopic (exact) mass is 313 g/mol. The Hall–Kier alpha value is -2.56. The van der Waals surface area contributed by atoms with Crippen LogP contribution in [0.5, 0.6) is 5.75 Å². The molecule has 0 fully saturated rings. The summed E-state index contributed by atoms with van der Waals surface area (Å²) in [5.41, 5.74) is 1.83. The quantitative estimate of drug-likeness (QED) is 0.819. The maximum absolute atomic E-state index is 12.9. The molecule has 1 aromatic carbocycles. The summed E-state index contributed by atoms with van der Waals surface area (Å²) in [5.74, 6) is 0.769. The van der Waals surface area contributed by atoms with Crippen LogP contribution in [0.2, 0.25) is 0 Å². The maximum Gasteiger partial charge on any atom is 0.324 e. The molecule has 1 aromatic heterocycles. The van der Waals surface area contributed by atoms with E-state index in [0.717, 1.165) is 17.0 Å². The third-order valence-corrected chi connectivity index (χ3v) is 3.71. The molecule has 0 bridgehead atoms. The second-order valence-corrected chi connectivity index (χ2v) is 5.10. The van der Waals surface area contributed by atoms with Crippen LogP contribution in [0.1, 0.15) is 19.4 Å². The fourth-order valence-electron chi connectivity index (χ4n) is 2.37. The van der Waals surface area contributed by atoms with E-state index < -0.39 is 0 Å². The summed E-state index contributed by atoms with van der Waals surface area (Å²) in [4.78, 5) is 20.6. The van der Waals surface area contributed by atoms with Crippen LogP contribution in [-0.4, -0.2) is 36.1 Å². The number of ether oxygens (including phenoxy) is 1. The van der Waals surface area contributed by atoms with E-state index in [1.807, 2.05) is 50.2 Å². The van der Waals surface area contributed by atoms with Crippen LogP contribution < -0.4 is 9.64 Å². The van der Waals surface area contributed by atoms with Gasteiger partial charge in [0.1, 0.15) is 5.75 Å². The first-order chi connectivity index (χ1) is 11.2. The van der Waals surface area contributed by atoms with Gasteiger partial charge in [0.25, 0.3) is 0 Å². The van der Waals surface area contributed by atoms with Crippen molar-refractivity contribution in [1.29, 1.82) is 0 Å². The SMILES string of the molecule is CCN(CC)C(=O)N(Cc1cccnc1)c1ccc(OC)cc1. The molecule has 122 valence electrons. The molecule has 2 aromatic rings. The van der Waals surface area contributed by atoms with Crippen LogP contribution in [-0.2, 0) is 6.54 Å². The van der Waals surface area contributed by atoms with Crippen molar-refractivity contribution < 1.29 is 9.53 Å². The molecule has 2 rings (SSSR count). The third kappa shape index (κ3) is 4.22. The smallest absolute Gasteiger partial charge is 0.324 e. The molecule has 0 unspecified atom stereocenters. The molecule has 0 spiro atoms. The van der Waals surface area contributed by atoms with Crippen molar-refractivity contribution in [3.8, 4) is 5.75 Å². The fraction of sp³-hybridized carbons (Fsp3) is 0.333. The lowest BCUT2D eigenvalue weighted by Crippen LogP contribution is -2.42. The third-order valence-electron chi connectivity index (χ3n) is 3.71. The molecule has 5 heteroatoms. The van der Waals surface area contributed by atoms with E-state index in [1.54, 1.807) is 29.3 Å². The van der Waals surface area contributed by atoms with Crippen LogP contribution in [0, 0.1) is 0 Å². The molecule has 23 heavy (non-hydrogen) atoms. The summed E-state index contributed by atoms with van der Waals surface area (Å²) >= 11 is 0. The highest BCUT2D eigenvalue weighted by Gasteiger charge is 2.20. The Morgan fingerprint density at radius 1 is 1.13 bits per heavy atom. The number of anilines is 1. The van der Waals surface area contributed by atoms with Crippen LogP contribution in [0.25, 0.3) is 0 Å². The van der Waals surface area contributed by atoms with E-state index in [9.17, 15) is 4.79 Å². The summed E-state index contributed by atoms with van der Waals surface area (Å²) in [6.07, 6.45) is 3.51. The fourth-order valence-corrected chi connectivity index (χ4v) is 2.37. The minimum Gasteiger partial charge on any atom is -0.497 e. The number of hydrogen-bond acceptors (Lipinski definition) is 3. The maximum atomic E-state index is 12.9. The van der Waals surface area contributed by atoms with Crippen LogP contribution in [0.3, 0.4) is 0 Å². The molecule has 0 radical (unpaired) electrons. The van der Waals surface area contributed by atoms with E-state index in [2.05, 4.69) is 4.98 Å². The van der Waals surface area contributed by atoms with E-state index in [1.165, 1.54) is 0 Å². The zero-order valence-corrected chi connectivity index (χ0v) is 13.9. The lowest BCUT2D eigenvalue weighted by Gasteiger charge is -2.29. The standard InChI is InChI=1S/C18H23N3O2/c1-4-20(5-2)18(22)21(14-15-7-6-12-19-13-15)16-8-10-17(23-3)11-9-16/h6-13H,4-5,14H2,1-3H3. The predicted molar refractivity (Wildman–Crippen MR) is 91.7 cm³/mol. The van der Waals surface area contributed by atoms with Crippen molar-refractivity contribution in [3.05, 3.63) is 54.4 Å². The molecule has 0 aliphatic rings. The van der Waals surface area contributed by atoms with Gasteiger partial charge in [-0.2, -0.15) is 0 Å². The first-order valence-electron chi connectivity index (χ1n) is 7.79. The minimum absolute atomic E-state index is 0.0102. The number of methoxy groups -OCH3 is 1. The molecule has 0 N–H and O–H groups in total. The van der Waals surface area contributed by atoms with Gasteiger partial charge in [0.15, 0.2) is 0 Å². The topological polar surface area (TPSA) is 45.7 Å². The van der Waals surface area contributed by atoms with Gasteiger partial charge in [-0.1, -0.05) is 6.07 Å². The molecular weight excluding hydrogens is 290 g/mol. The predicted octanol–water partition coefficient (Wildman–Crippen LogP) is 3.56.